The topological polar surface area (TPSA) is 367 Å². The van der Waals surface area contributed by atoms with Gasteiger partial charge in [-0.3, -0.25) is 19.2 Å². The van der Waals surface area contributed by atoms with Gasteiger partial charge >= 0.3 is 5.97 Å². The number of benzene rings is 4. The summed E-state index contributed by atoms with van der Waals surface area (Å²) in [6.07, 6.45) is 20.0. The van der Waals surface area contributed by atoms with E-state index in [-0.39, 0.29) is 136 Å². The summed E-state index contributed by atoms with van der Waals surface area (Å²) < 4.78 is 142. The molecule has 127 heavy (non-hydrogen) atoms. The Hall–Kier alpha value is -12.6. The number of carbonyl (C=O) groups excluding carboxylic acids is 3. The molecule has 0 spiro atoms. The third-order valence-corrected chi connectivity index (χ3v) is 23.7. The highest BCUT2D eigenvalue weighted by Crippen LogP contribution is 2.43. The Labute approximate surface area is 728 Å². The number of nitriles is 1. The van der Waals surface area contributed by atoms with Crippen LogP contribution < -0.4 is 58.1 Å². The van der Waals surface area contributed by atoms with Gasteiger partial charge in [-0.2, -0.15) is 22.8 Å². The molecule has 9 aromatic rings. The second kappa shape index (κ2) is 40.8. The lowest BCUT2D eigenvalue weighted by Gasteiger charge is -2.35. The van der Waals surface area contributed by atoms with Gasteiger partial charge in [-0.05, 0) is 159 Å². The Morgan fingerprint density at radius 3 is 1.00 bits per heavy atom. The van der Waals surface area contributed by atoms with Crippen molar-refractivity contribution >= 4 is 70.2 Å². The van der Waals surface area contributed by atoms with Crippen LogP contribution in [-0.4, -0.2) is 117 Å². The van der Waals surface area contributed by atoms with Crippen LogP contribution in [0.2, 0.25) is 0 Å². The lowest BCUT2D eigenvalue weighted by molar-refractivity contribution is -0.139. The van der Waals surface area contributed by atoms with Crippen molar-refractivity contribution in [3.8, 4) is 6.07 Å². The van der Waals surface area contributed by atoms with Crippen molar-refractivity contribution < 1.29 is 68.2 Å². The summed E-state index contributed by atoms with van der Waals surface area (Å²) in [5, 5.41) is 30.0. The first-order chi connectivity index (χ1) is 60.7. The van der Waals surface area contributed by atoms with Crippen molar-refractivity contribution in [3.05, 3.63) is 220 Å². The second-order valence-corrected chi connectivity index (χ2v) is 34.4. The van der Waals surface area contributed by atoms with E-state index >= 15 is 17.6 Å². The Kier molecular flexibility index (Phi) is 29.6. The summed E-state index contributed by atoms with van der Waals surface area (Å²) in [5.41, 5.74) is 21.0. The largest absolute Gasteiger partial charge is 0.481 e. The molecule has 16 rings (SSSR count). The summed E-state index contributed by atoms with van der Waals surface area (Å²) >= 11 is 0. The molecule has 0 aliphatic heterocycles. The van der Waals surface area contributed by atoms with Gasteiger partial charge in [0.25, 0.3) is 17.8 Å². The number of carboxylic acids is 1. The molecular formula is C91H103F10N21O5. The lowest BCUT2D eigenvalue weighted by atomic mass is 9.73. The number of hydrogen-bond acceptors (Lipinski definition) is 22. The molecule has 26 nitrogen and oxygen atoms in total. The zero-order valence-corrected chi connectivity index (χ0v) is 70.6. The summed E-state index contributed by atoms with van der Waals surface area (Å²) in [4.78, 5) is 88.5. The summed E-state index contributed by atoms with van der Waals surface area (Å²) in [6, 6.07) is 31.8. The second-order valence-electron chi connectivity index (χ2n) is 34.4. The minimum absolute atomic E-state index is 0.0482. The predicted molar refractivity (Wildman–Crippen MR) is 458 cm³/mol. The molecule has 0 unspecified atom stereocenters. The Morgan fingerprint density at radius 2 is 0.709 bits per heavy atom. The van der Waals surface area contributed by atoms with E-state index < -0.39 is 47.0 Å². The molecule has 0 radical (unpaired) electrons. The van der Waals surface area contributed by atoms with Crippen LogP contribution in [0.25, 0.3) is 0 Å². The molecule has 36 heteroatoms. The fraction of sp³-hybridized carbons (Fsp3) is 0.451. The number of amides is 3. The number of hydrogen-bond donors (Lipinski definition) is 8. The van der Waals surface area contributed by atoms with E-state index in [1.54, 1.807) is 48.7 Å². The van der Waals surface area contributed by atoms with Crippen LogP contribution in [-0.2, 0) is 76.1 Å². The number of carbonyl (C=O) groups is 4. The van der Waals surface area contributed by atoms with Gasteiger partial charge in [0.2, 0.25) is 41.0 Å². The number of rotatable bonds is 38. The first kappa shape index (κ1) is 92.1. The third-order valence-electron chi connectivity index (χ3n) is 23.7. The maximum atomic E-state index is 15.3. The number of anilines is 8. The van der Waals surface area contributed by atoms with Crippen molar-refractivity contribution in [3.63, 3.8) is 0 Å². The fourth-order valence-electron chi connectivity index (χ4n) is 15.8. The average molecular weight is 1760 g/mol. The molecule has 7 aliphatic carbocycles. The number of aliphatic carboxylic acids is 1. The maximum absolute atomic E-state index is 15.3. The number of halogens is 10. The molecule has 5 heterocycles. The molecule has 7 saturated carbocycles. The van der Waals surface area contributed by atoms with Crippen LogP contribution in [0.4, 0.5) is 90.4 Å². The van der Waals surface area contributed by atoms with E-state index in [0.717, 1.165) is 131 Å². The molecule has 0 bridgehead atoms. The average Bonchev–Trinajstić information content (AvgIpc) is 1.70. The van der Waals surface area contributed by atoms with E-state index in [9.17, 15) is 45.5 Å². The first-order valence-electron chi connectivity index (χ1n) is 42.6. The fourth-order valence-corrected chi connectivity index (χ4v) is 15.8. The summed E-state index contributed by atoms with van der Waals surface area (Å²) in [6.45, 7) is 6.12. The number of primary amides is 3. The van der Waals surface area contributed by atoms with Crippen LogP contribution in [0.3, 0.4) is 0 Å². The van der Waals surface area contributed by atoms with Crippen molar-refractivity contribution in [2.24, 2.45) is 52.7 Å². The van der Waals surface area contributed by atoms with Crippen LogP contribution in [0.15, 0.2) is 141 Å². The normalized spacial score (nSPS) is 18.6. The van der Waals surface area contributed by atoms with Gasteiger partial charge in [-0.15, -0.1) is 0 Å². The number of nitrogens with one attached hydrogen (secondary N) is 4. The van der Waals surface area contributed by atoms with Crippen LogP contribution in [0.1, 0.15) is 179 Å². The lowest BCUT2D eigenvalue weighted by Crippen LogP contribution is -2.38. The van der Waals surface area contributed by atoms with Crippen molar-refractivity contribution in [2.75, 3.05) is 60.5 Å². The van der Waals surface area contributed by atoms with Crippen LogP contribution in [0, 0.1) is 70.1 Å². The maximum Gasteiger partial charge on any atom is 0.303 e. The van der Waals surface area contributed by atoms with E-state index in [0.29, 0.717) is 95.1 Å². The van der Waals surface area contributed by atoms with Gasteiger partial charge in [-0.25, -0.2) is 71.2 Å². The molecule has 7 fully saturated rings. The highest BCUT2D eigenvalue weighted by atomic mass is 19.3. The molecule has 5 aromatic heterocycles. The molecule has 3 amide bonds. The van der Waals surface area contributed by atoms with Crippen LogP contribution >= 0.6 is 0 Å². The molecule has 0 atom stereocenters. The van der Waals surface area contributed by atoms with Gasteiger partial charge < -0.3 is 63.2 Å². The molecule has 672 valence electrons. The number of aromatic nitrogens is 9. The Morgan fingerprint density at radius 1 is 0.402 bits per heavy atom. The van der Waals surface area contributed by atoms with Crippen molar-refractivity contribution in [1.82, 2.24) is 44.9 Å². The Balaban J connectivity index is 0.000000145. The molecule has 0 saturated heterocycles. The van der Waals surface area contributed by atoms with Gasteiger partial charge in [0.15, 0.2) is 46.5 Å². The van der Waals surface area contributed by atoms with Gasteiger partial charge in [0, 0.05) is 139 Å². The van der Waals surface area contributed by atoms with E-state index in [2.05, 4.69) is 66.1 Å². The third kappa shape index (κ3) is 25.8. The quantitative estimate of drug-likeness (QED) is 0.0167. The highest BCUT2D eigenvalue weighted by Gasteiger charge is 2.40. The number of nitrogens with two attached hydrogens (primary N) is 3. The SMILES string of the molecule is CC(F)(F)c1ccc(CN(c2ncnc(NCC3CC(C(N)=O)C3)c2F)C2CC2)cc1.CC(F)(F)c1ccc(CN(c2ncnc(NCC3CC(CC(=O)O)C3)c2F)C2CC2)cc1.CC(F)(F)c1ccc(CN(c2ncnc(NCC3CC(CC(N)=O)C3)c2F)C2CC2)cc1.N#Cc1ccc(CN(c2ncnc(NCc3ccc(CC(N)=O)cc3)c2F)C2CC2)cn1. The van der Waals surface area contributed by atoms with E-state index in [1.165, 1.54) is 61.7 Å². The smallest absolute Gasteiger partial charge is 0.303 e. The predicted octanol–water partition coefficient (Wildman–Crippen LogP) is 15.5. The number of alkyl halides is 6. The molecule has 7 aliphatic rings. The van der Waals surface area contributed by atoms with Gasteiger partial charge in [-0.1, -0.05) is 103 Å². The minimum Gasteiger partial charge on any atom is -0.481 e. The standard InChI is InChI=1S/C23H28F3N5O.C23H27F3N4O2.C23H22FN7O.C22H26F3N5O/c1-23(25,26)17-4-2-14(3-5-17)12-31(18-6-7-18)22-20(24)21(29-13-30-22)28-11-16-8-15(9-16)10-19(27)32;1-23(25,26)17-4-2-14(3-5-17)12-30(18-6-7-18)22-20(24)21(28-13-29-22)27-11-16-8-15(9-16)10-19(31)32;24-21-22(28-11-16-3-1-15(2-4-16)9-20(26)32)29-14-30-23(21)31(19-7-8-19)13-17-5-6-18(10-25)27-12-17;1-22(24,25)16-4-2-13(3-5-16)11-30(17-6-7-17)21-18(23)20(28-12-29-21)27-10-14-8-15(9-14)19(26)31/h2-5,13,15-16,18H,6-12H2,1H3,(H2,27,32)(H,28,29,30);2-5,13,15-16,18H,6-12H2,1H3,(H,31,32)(H,27,28,29);1-6,12,14,19H,7-9,11,13H2,(H2,26,32)(H,28,29,30);2-5,12,14-15,17H,6-11H2,1H3,(H2,26,31)(H,27,28,29). The van der Waals surface area contributed by atoms with Gasteiger partial charge in [0.05, 0.1) is 6.42 Å². The van der Waals surface area contributed by atoms with Crippen LogP contribution in [0.5, 0.6) is 0 Å². The molecule has 11 N–H and O–H groups in total. The first-order valence-corrected chi connectivity index (χ1v) is 42.6. The monoisotopic (exact) mass is 1760 g/mol. The zero-order valence-electron chi connectivity index (χ0n) is 70.6. The van der Waals surface area contributed by atoms with Crippen molar-refractivity contribution in [1.29, 1.82) is 5.26 Å². The molecular weight excluding hydrogens is 1660 g/mol. The Bertz CT molecular complexity index is 5130. The van der Waals surface area contributed by atoms with E-state index in [4.69, 9.17) is 27.6 Å². The number of pyridine rings is 1. The summed E-state index contributed by atoms with van der Waals surface area (Å²) in [7, 11) is 0. The highest BCUT2D eigenvalue weighted by molar-refractivity contribution is 5.78. The molecule has 4 aromatic carbocycles. The number of nitrogens with zero attached hydrogens (tertiary/aromatic N) is 14. The summed E-state index contributed by atoms with van der Waals surface area (Å²) in [5.74, 6) is -9.81. The van der Waals surface area contributed by atoms with E-state index in [1.807, 2.05) is 56.0 Å². The zero-order chi connectivity index (χ0) is 90.4. The minimum atomic E-state index is -2.90. The van der Waals surface area contributed by atoms with Crippen molar-refractivity contribution in [2.45, 2.75) is 205 Å². The van der Waals surface area contributed by atoms with Gasteiger partial charge in [0.1, 0.15) is 37.1 Å². The number of carboxylic acid groups (broad SMARTS) is 1.